The number of sulfonamides is 1. The fourth-order valence-corrected chi connectivity index (χ4v) is 4.79. The number of nitrogens with zero attached hydrogens (tertiary/aromatic N) is 1. The first-order valence-electron chi connectivity index (χ1n) is 5.95. The number of nitrogen functional groups attached to an aromatic ring is 1. The lowest BCUT2D eigenvalue weighted by Crippen LogP contribution is -2.37. The number of hydrogen-bond acceptors (Lipinski definition) is 4. The standard InChI is InChI=1S/C12H17FN2O2S2/c1-8-11(13)5-10(6-12(8)14)19(16,17)15(2)9-3-4-18-7-9/h5-6,9H,3-4,7,14H2,1-2H3. The molecule has 0 bridgehead atoms. The van der Waals surface area contributed by atoms with Gasteiger partial charge in [0.05, 0.1) is 4.90 Å². The summed E-state index contributed by atoms with van der Waals surface area (Å²) in [7, 11) is -2.14. The van der Waals surface area contributed by atoms with Gasteiger partial charge in [0.2, 0.25) is 10.0 Å². The Morgan fingerprint density at radius 3 is 2.68 bits per heavy atom. The van der Waals surface area contributed by atoms with Gasteiger partial charge < -0.3 is 5.73 Å². The van der Waals surface area contributed by atoms with Crippen LogP contribution in [-0.4, -0.2) is 37.3 Å². The van der Waals surface area contributed by atoms with Crippen LogP contribution in [0.5, 0.6) is 0 Å². The van der Waals surface area contributed by atoms with Crippen LogP contribution < -0.4 is 5.73 Å². The maximum atomic E-state index is 13.6. The number of thioether (sulfide) groups is 1. The lowest BCUT2D eigenvalue weighted by atomic mass is 10.2. The second-order valence-electron chi connectivity index (χ2n) is 4.66. The van der Waals surface area contributed by atoms with Crippen molar-refractivity contribution < 1.29 is 12.8 Å². The molecule has 2 N–H and O–H groups in total. The fourth-order valence-electron chi connectivity index (χ4n) is 1.99. The number of rotatable bonds is 3. The molecule has 0 aromatic heterocycles. The van der Waals surface area contributed by atoms with Crippen molar-refractivity contribution in [1.82, 2.24) is 4.31 Å². The molecule has 1 saturated heterocycles. The average Bonchev–Trinajstić information content (AvgIpc) is 2.87. The van der Waals surface area contributed by atoms with E-state index in [4.69, 9.17) is 5.73 Å². The predicted molar refractivity (Wildman–Crippen MR) is 76.2 cm³/mol. The SMILES string of the molecule is Cc1c(N)cc(S(=O)(=O)N(C)C2CCSC2)cc1F. The van der Waals surface area contributed by atoms with Gasteiger partial charge in [-0.15, -0.1) is 0 Å². The Labute approximate surface area is 117 Å². The van der Waals surface area contributed by atoms with Gasteiger partial charge in [-0.05, 0) is 31.2 Å². The molecule has 0 spiro atoms. The Kier molecular flexibility index (Phi) is 4.08. The minimum Gasteiger partial charge on any atom is -0.398 e. The van der Waals surface area contributed by atoms with E-state index in [0.29, 0.717) is 0 Å². The highest BCUT2D eigenvalue weighted by atomic mass is 32.2. The van der Waals surface area contributed by atoms with Crippen LogP contribution in [-0.2, 0) is 10.0 Å². The van der Waals surface area contributed by atoms with E-state index in [9.17, 15) is 12.8 Å². The summed E-state index contributed by atoms with van der Waals surface area (Å²) in [5.74, 6) is 1.14. The first-order valence-corrected chi connectivity index (χ1v) is 8.55. The highest BCUT2D eigenvalue weighted by Crippen LogP contribution is 2.28. The molecule has 1 aliphatic heterocycles. The molecule has 0 radical (unpaired) electrons. The number of nitrogens with two attached hydrogens (primary N) is 1. The van der Waals surface area contributed by atoms with Crippen LogP contribution >= 0.6 is 11.8 Å². The van der Waals surface area contributed by atoms with Gasteiger partial charge in [-0.25, -0.2) is 12.8 Å². The molecule has 106 valence electrons. The van der Waals surface area contributed by atoms with E-state index in [-0.39, 0.29) is 22.2 Å². The van der Waals surface area contributed by atoms with E-state index in [1.54, 1.807) is 18.8 Å². The second kappa shape index (κ2) is 5.30. The summed E-state index contributed by atoms with van der Waals surface area (Å²) in [4.78, 5) is -0.0764. The van der Waals surface area contributed by atoms with Crippen molar-refractivity contribution in [3.05, 3.63) is 23.5 Å². The van der Waals surface area contributed by atoms with E-state index >= 15 is 0 Å². The van der Waals surface area contributed by atoms with Crippen molar-refractivity contribution in [3.8, 4) is 0 Å². The van der Waals surface area contributed by atoms with Crippen molar-refractivity contribution in [2.24, 2.45) is 0 Å². The third kappa shape index (κ3) is 2.73. The maximum absolute atomic E-state index is 13.6. The molecule has 1 fully saturated rings. The zero-order chi connectivity index (χ0) is 14.2. The van der Waals surface area contributed by atoms with Crippen LogP contribution in [0.1, 0.15) is 12.0 Å². The van der Waals surface area contributed by atoms with Gasteiger partial charge in [0.25, 0.3) is 0 Å². The van der Waals surface area contributed by atoms with Crippen molar-refractivity contribution in [3.63, 3.8) is 0 Å². The van der Waals surface area contributed by atoms with Gasteiger partial charge >= 0.3 is 0 Å². The van der Waals surface area contributed by atoms with Crippen LogP contribution in [0.3, 0.4) is 0 Å². The zero-order valence-corrected chi connectivity index (χ0v) is 12.5. The smallest absolute Gasteiger partial charge is 0.243 e. The summed E-state index contributed by atoms with van der Waals surface area (Å²) in [6.07, 6.45) is 0.824. The van der Waals surface area contributed by atoms with Crippen LogP contribution in [0.2, 0.25) is 0 Å². The quantitative estimate of drug-likeness (QED) is 0.866. The highest BCUT2D eigenvalue weighted by molar-refractivity contribution is 7.99. The Morgan fingerprint density at radius 1 is 1.47 bits per heavy atom. The molecular weight excluding hydrogens is 287 g/mol. The van der Waals surface area contributed by atoms with E-state index < -0.39 is 15.8 Å². The molecule has 1 aromatic carbocycles. The van der Waals surface area contributed by atoms with E-state index in [1.807, 2.05) is 0 Å². The second-order valence-corrected chi connectivity index (χ2v) is 7.81. The lowest BCUT2D eigenvalue weighted by Gasteiger charge is -2.23. The third-order valence-corrected chi connectivity index (χ3v) is 6.49. The van der Waals surface area contributed by atoms with E-state index in [1.165, 1.54) is 17.3 Å². The summed E-state index contributed by atoms with van der Waals surface area (Å²) in [6.45, 7) is 1.53. The largest absolute Gasteiger partial charge is 0.398 e. The lowest BCUT2D eigenvalue weighted by molar-refractivity contribution is 0.394. The van der Waals surface area contributed by atoms with Crippen LogP contribution in [0.25, 0.3) is 0 Å². The van der Waals surface area contributed by atoms with Crippen molar-refractivity contribution in [2.45, 2.75) is 24.3 Å². The molecule has 7 heteroatoms. The van der Waals surface area contributed by atoms with Gasteiger partial charge in [-0.1, -0.05) is 0 Å². The van der Waals surface area contributed by atoms with Crippen molar-refractivity contribution in [1.29, 1.82) is 0 Å². The number of anilines is 1. The van der Waals surface area contributed by atoms with Crippen LogP contribution in [0.4, 0.5) is 10.1 Å². The average molecular weight is 304 g/mol. The maximum Gasteiger partial charge on any atom is 0.243 e. The summed E-state index contributed by atoms with van der Waals surface area (Å²) in [5.41, 5.74) is 6.08. The number of benzene rings is 1. The summed E-state index contributed by atoms with van der Waals surface area (Å²) < 4.78 is 39.8. The van der Waals surface area contributed by atoms with Crippen molar-refractivity contribution in [2.75, 3.05) is 24.3 Å². The topological polar surface area (TPSA) is 63.4 Å². The Morgan fingerprint density at radius 2 is 2.16 bits per heavy atom. The predicted octanol–water partition coefficient (Wildman–Crippen LogP) is 1.84. The normalized spacial score (nSPS) is 20.1. The molecule has 1 aromatic rings. The molecular formula is C12H17FN2O2S2. The fraction of sp³-hybridized carbons (Fsp3) is 0.500. The molecule has 1 unspecified atom stereocenters. The minimum atomic E-state index is -3.68. The molecule has 0 aliphatic carbocycles. The molecule has 1 heterocycles. The zero-order valence-electron chi connectivity index (χ0n) is 10.9. The Balaban J connectivity index is 2.39. The molecule has 4 nitrogen and oxygen atoms in total. The molecule has 1 atom stereocenters. The van der Waals surface area contributed by atoms with Gasteiger partial charge in [0.15, 0.2) is 0 Å². The Hall–Kier alpha value is -0.790. The third-order valence-electron chi connectivity index (χ3n) is 3.45. The molecule has 2 rings (SSSR count). The first-order chi connectivity index (χ1) is 8.84. The molecule has 19 heavy (non-hydrogen) atoms. The van der Waals surface area contributed by atoms with Crippen LogP contribution in [0, 0.1) is 12.7 Å². The van der Waals surface area contributed by atoms with Crippen molar-refractivity contribution >= 4 is 27.5 Å². The monoisotopic (exact) mass is 304 g/mol. The highest BCUT2D eigenvalue weighted by Gasteiger charge is 2.31. The Bertz CT molecular complexity index is 560. The van der Waals surface area contributed by atoms with Gasteiger partial charge in [0, 0.05) is 30.1 Å². The van der Waals surface area contributed by atoms with Gasteiger partial charge in [-0.3, -0.25) is 0 Å². The summed E-state index contributed by atoms with van der Waals surface area (Å²) in [5, 5.41) is 0. The minimum absolute atomic E-state index is 0.0272. The molecule has 0 saturated carbocycles. The number of halogens is 1. The van der Waals surface area contributed by atoms with Gasteiger partial charge in [-0.2, -0.15) is 16.1 Å². The number of hydrogen-bond donors (Lipinski definition) is 1. The van der Waals surface area contributed by atoms with E-state index in [0.717, 1.165) is 24.0 Å². The molecule has 0 amide bonds. The first kappa shape index (κ1) is 14.6. The summed E-state index contributed by atoms with van der Waals surface area (Å²) in [6, 6.07) is 2.34. The van der Waals surface area contributed by atoms with E-state index in [2.05, 4.69) is 0 Å². The summed E-state index contributed by atoms with van der Waals surface area (Å²) >= 11 is 1.73. The van der Waals surface area contributed by atoms with Crippen LogP contribution in [0.15, 0.2) is 17.0 Å². The van der Waals surface area contributed by atoms with Gasteiger partial charge in [0.1, 0.15) is 5.82 Å². The molecule has 1 aliphatic rings.